The third kappa shape index (κ3) is 2.84. The minimum Gasteiger partial charge on any atom is -0.319 e. The SMILES string of the molecule is CCCCN1C(=O)NC(C)(c2ccc(S(N)(=O)=O)cc2)C1=O. The van der Waals surface area contributed by atoms with Crippen molar-refractivity contribution in [2.45, 2.75) is 37.1 Å². The average molecular weight is 325 g/mol. The Morgan fingerprint density at radius 2 is 1.82 bits per heavy atom. The molecule has 7 nitrogen and oxygen atoms in total. The number of urea groups is 1. The lowest BCUT2D eigenvalue weighted by atomic mass is 9.92. The van der Waals surface area contributed by atoms with E-state index in [9.17, 15) is 18.0 Å². The highest BCUT2D eigenvalue weighted by atomic mass is 32.2. The Bertz CT molecular complexity index is 699. The predicted octanol–water partition coefficient (Wildman–Crippen LogP) is 0.901. The van der Waals surface area contributed by atoms with E-state index in [0.29, 0.717) is 12.1 Å². The fraction of sp³-hybridized carbons (Fsp3) is 0.429. The summed E-state index contributed by atoms with van der Waals surface area (Å²) in [6.07, 6.45) is 1.61. The number of hydrogen-bond donors (Lipinski definition) is 2. The summed E-state index contributed by atoms with van der Waals surface area (Å²) in [5, 5.41) is 7.72. The van der Waals surface area contributed by atoms with Crippen LogP contribution in [0, 0.1) is 0 Å². The van der Waals surface area contributed by atoms with Crippen LogP contribution in [0.15, 0.2) is 29.2 Å². The number of benzene rings is 1. The van der Waals surface area contributed by atoms with Crippen molar-refractivity contribution in [1.29, 1.82) is 0 Å². The number of nitrogens with zero attached hydrogens (tertiary/aromatic N) is 1. The van der Waals surface area contributed by atoms with Gasteiger partial charge in [0.05, 0.1) is 4.90 Å². The molecular formula is C14H19N3O4S. The van der Waals surface area contributed by atoms with Gasteiger partial charge in [-0.1, -0.05) is 25.5 Å². The molecule has 1 atom stereocenters. The quantitative estimate of drug-likeness (QED) is 0.784. The zero-order chi connectivity index (χ0) is 16.5. The third-order valence-electron chi connectivity index (χ3n) is 3.77. The summed E-state index contributed by atoms with van der Waals surface area (Å²) in [4.78, 5) is 25.7. The molecule has 1 saturated heterocycles. The van der Waals surface area contributed by atoms with Crippen molar-refractivity contribution in [3.05, 3.63) is 29.8 Å². The number of primary sulfonamides is 1. The summed E-state index contributed by atoms with van der Waals surface area (Å²) < 4.78 is 22.5. The second-order valence-electron chi connectivity index (χ2n) is 5.43. The Balaban J connectivity index is 2.31. The molecular weight excluding hydrogens is 306 g/mol. The number of carbonyl (C=O) groups excluding carboxylic acids is 2. The normalized spacial score (nSPS) is 22.0. The minimum absolute atomic E-state index is 0.0422. The van der Waals surface area contributed by atoms with Crippen LogP contribution in [-0.2, 0) is 20.4 Å². The van der Waals surface area contributed by atoms with E-state index in [-0.39, 0.29) is 10.8 Å². The number of sulfonamides is 1. The van der Waals surface area contributed by atoms with Gasteiger partial charge < -0.3 is 5.32 Å². The molecule has 0 aromatic heterocycles. The molecule has 1 aliphatic rings. The van der Waals surface area contributed by atoms with E-state index in [1.807, 2.05) is 6.92 Å². The third-order valence-corrected chi connectivity index (χ3v) is 4.70. The highest BCUT2D eigenvalue weighted by molar-refractivity contribution is 7.89. The number of unbranched alkanes of at least 4 members (excludes halogenated alkanes) is 1. The Morgan fingerprint density at radius 3 is 2.32 bits per heavy atom. The standard InChI is InChI=1S/C14H19N3O4S/c1-3-4-9-17-12(18)14(2,16-13(17)19)10-5-7-11(8-6-10)22(15,20)21/h5-8H,3-4,9H2,1-2H3,(H,16,19)(H2,15,20,21). The van der Waals surface area contributed by atoms with Gasteiger partial charge in [-0.15, -0.1) is 0 Å². The van der Waals surface area contributed by atoms with Gasteiger partial charge in [0.15, 0.2) is 0 Å². The van der Waals surface area contributed by atoms with E-state index in [4.69, 9.17) is 5.14 Å². The van der Waals surface area contributed by atoms with Crippen LogP contribution in [-0.4, -0.2) is 31.8 Å². The van der Waals surface area contributed by atoms with Gasteiger partial charge in [-0.3, -0.25) is 9.69 Å². The number of nitrogens with two attached hydrogens (primary N) is 1. The molecule has 1 aliphatic heterocycles. The second kappa shape index (κ2) is 5.69. The van der Waals surface area contributed by atoms with Crippen molar-refractivity contribution in [1.82, 2.24) is 10.2 Å². The summed E-state index contributed by atoms with van der Waals surface area (Å²) in [7, 11) is -3.79. The van der Waals surface area contributed by atoms with Gasteiger partial charge in [0.1, 0.15) is 5.54 Å². The van der Waals surface area contributed by atoms with Crippen LogP contribution in [0.2, 0.25) is 0 Å². The van der Waals surface area contributed by atoms with E-state index in [0.717, 1.165) is 12.8 Å². The van der Waals surface area contributed by atoms with Gasteiger partial charge in [0, 0.05) is 6.54 Å². The van der Waals surface area contributed by atoms with Crippen LogP contribution < -0.4 is 10.5 Å². The molecule has 1 heterocycles. The molecule has 1 fully saturated rings. The molecule has 0 bridgehead atoms. The van der Waals surface area contributed by atoms with Crippen LogP contribution >= 0.6 is 0 Å². The Labute approximate surface area is 129 Å². The number of amides is 3. The van der Waals surface area contributed by atoms with E-state index in [1.54, 1.807) is 6.92 Å². The lowest BCUT2D eigenvalue weighted by molar-refractivity contribution is -0.131. The molecule has 1 unspecified atom stereocenters. The smallest absolute Gasteiger partial charge is 0.319 e. The number of carbonyl (C=O) groups is 2. The van der Waals surface area contributed by atoms with E-state index >= 15 is 0 Å². The molecule has 3 N–H and O–H groups in total. The fourth-order valence-electron chi connectivity index (χ4n) is 2.39. The van der Waals surface area contributed by atoms with Crippen molar-refractivity contribution in [3.63, 3.8) is 0 Å². The average Bonchev–Trinajstić information content (AvgIpc) is 2.67. The zero-order valence-electron chi connectivity index (χ0n) is 12.5. The first-order chi connectivity index (χ1) is 10.2. The molecule has 2 rings (SSSR count). The molecule has 3 amide bonds. The Hall–Kier alpha value is -1.93. The van der Waals surface area contributed by atoms with Gasteiger partial charge in [-0.2, -0.15) is 0 Å². The lowest BCUT2D eigenvalue weighted by Gasteiger charge is -2.22. The van der Waals surface area contributed by atoms with Crippen molar-refractivity contribution in [2.75, 3.05) is 6.54 Å². The number of rotatable bonds is 5. The molecule has 120 valence electrons. The van der Waals surface area contributed by atoms with Crippen molar-refractivity contribution in [2.24, 2.45) is 5.14 Å². The number of hydrogen-bond acceptors (Lipinski definition) is 4. The minimum atomic E-state index is -3.79. The van der Waals surface area contributed by atoms with Crippen LogP contribution in [0.25, 0.3) is 0 Å². The summed E-state index contributed by atoms with van der Waals surface area (Å²) in [6.45, 7) is 3.95. The van der Waals surface area contributed by atoms with E-state index < -0.39 is 21.6 Å². The van der Waals surface area contributed by atoms with Gasteiger partial charge >= 0.3 is 6.03 Å². The summed E-state index contributed by atoms with van der Waals surface area (Å²) in [6, 6.07) is 5.19. The molecule has 1 aromatic rings. The van der Waals surface area contributed by atoms with Crippen LogP contribution in [0.4, 0.5) is 4.79 Å². The summed E-state index contributed by atoms with van der Waals surface area (Å²) in [5.41, 5.74) is -0.681. The molecule has 1 aromatic carbocycles. The first-order valence-electron chi connectivity index (χ1n) is 6.97. The second-order valence-corrected chi connectivity index (χ2v) is 7.00. The van der Waals surface area contributed by atoms with Gasteiger partial charge in [-0.25, -0.2) is 18.4 Å². The van der Waals surface area contributed by atoms with Crippen LogP contribution in [0.5, 0.6) is 0 Å². The Morgan fingerprint density at radius 1 is 1.23 bits per heavy atom. The van der Waals surface area contributed by atoms with Crippen molar-refractivity contribution in [3.8, 4) is 0 Å². The highest BCUT2D eigenvalue weighted by Crippen LogP contribution is 2.29. The van der Waals surface area contributed by atoms with Crippen LogP contribution in [0.3, 0.4) is 0 Å². The fourth-order valence-corrected chi connectivity index (χ4v) is 2.91. The number of imide groups is 1. The monoisotopic (exact) mass is 325 g/mol. The molecule has 0 saturated carbocycles. The first kappa shape index (κ1) is 16.4. The summed E-state index contributed by atoms with van der Waals surface area (Å²) >= 11 is 0. The first-order valence-corrected chi connectivity index (χ1v) is 8.52. The molecule has 0 aliphatic carbocycles. The lowest BCUT2D eigenvalue weighted by Crippen LogP contribution is -2.41. The van der Waals surface area contributed by atoms with Gasteiger partial charge in [-0.05, 0) is 31.0 Å². The van der Waals surface area contributed by atoms with E-state index in [2.05, 4.69) is 5.32 Å². The predicted molar refractivity (Wildman–Crippen MR) is 80.3 cm³/mol. The molecule has 0 radical (unpaired) electrons. The summed E-state index contributed by atoms with van der Waals surface area (Å²) in [5.74, 6) is -0.339. The van der Waals surface area contributed by atoms with Crippen molar-refractivity contribution < 1.29 is 18.0 Å². The zero-order valence-corrected chi connectivity index (χ0v) is 13.3. The van der Waals surface area contributed by atoms with E-state index in [1.165, 1.54) is 29.2 Å². The van der Waals surface area contributed by atoms with Gasteiger partial charge in [0.2, 0.25) is 10.0 Å². The largest absolute Gasteiger partial charge is 0.325 e. The topological polar surface area (TPSA) is 110 Å². The number of nitrogens with one attached hydrogen (secondary N) is 1. The molecule has 22 heavy (non-hydrogen) atoms. The van der Waals surface area contributed by atoms with Gasteiger partial charge in [0.25, 0.3) is 5.91 Å². The maximum Gasteiger partial charge on any atom is 0.325 e. The maximum absolute atomic E-state index is 12.5. The maximum atomic E-state index is 12.5. The Kier molecular flexibility index (Phi) is 4.25. The van der Waals surface area contributed by atoms with Crippen molar-refractivity contribution >= 4 is 22.0 Å². The molecule has 0 spiro atoms. The van der Waals surface area contributed by atoms with Crippen LogP contribution in [0.1, 0.15) is 32.3 Å². The molecule has 8 heteroatoms. The highest BCUT2D eigenvalue weighted by Gasteiger charge is 2.48.